The molecule has 2 bridgehead atoms. The lowest BCUT2D eigenvalue weighted by atomic mass is 9.73. The Morgan fingerprint density at radius 1 is 1.14 bits per heavy atom. The van der Waals surface area contributed by atoms with Crippen molar-refractivity contribution < 1.29 is 4.74 Å². The highest BCUT2D eigenvalue weighted by Gasteiger charge is 2.52. The lowest BCUT2D eigenvalue weighted by Crippen LogP contribution is -2.61. The lowest BCUT2D eigenvalue weighted by molar-refractivity contribution is -0.0814. The fourth-order valence-electron chi connectivity index (χ4n) is 5.31. The van der Waals surface area contributed by atoms with Gasteiger partial charge in [-0.25, -0.2) is 4.98 Å². The molecule has 1 spiro atoms. The van der Waals surface area contributed by atoms with Crippen LogP contribution in [0.1, 0.15) is 24.0 Å². The third-order valence-corrected chi connectivity index (χ3v) is 6.76. The molecular formula is C23H24N4O. The predicted molar refractivity (Wildman–Crippen MR) is 110 cm³/mol. The predicted octanol–water partition coefficient (Wildman–Crippen LogP) is 3.64. The van der Waals surface area contributed by atoms with Crippen LogP contribution in [0.5, 0.6) is 5.88 Å². The minimum atomic E-state index is -0.0360. The van der Waals surface area contributed by atoms with E-state index < -0.39 is 0 Å². The Morgan fingerprint density at radius 3 is 2.89 bits per heavy atom. The van der Waals surface area contributed by atoms with Crippen molar-refractivity contribution in [2.75, 3.05) is 25.0 Å². The summed E-state index contributed by atoms with van der Waals surface area (Å²) < 4.78 is 6.46. The van der Waals surface area contributed by atoms with Gasteiger partial charge in [-0.1, -0.05) is 18.2 Å². The third kappa shape index (κ3) is 2.57. The molecule has 4 aliphatic heterocycles. The van der Waals surface area contributed by atoms with Gasteiger partial charge >= 0.3 is 0 Å². The summed E-state index contributed by atoms with van der Waals surface area (Å²) in [4.78, 5) is 11.7. The van der Waals surface area contributed by atoms with Crippen molar-refractivity contribution in [3.05, 3.63) is 59.9 Å². The van der Waals surface area contributed by atoms with Crippen LogP contribution in [0, 0.1) is 5.92 Å². The molecule has 6 heterocycles. The molecule has 7 rings (SSSR count). The van der Waals surface area contributed by atoms with Crippen LogP contribution < -0.4 is 10.1 Å². The number of fused-ring (bicyclic) bond motifs is 4. The molecule has 1 aromatic carbocycles. The molecule has 142 valence electrons. The number of hydrogen-bond donors (Lipinski definition) is 1. The molecule has 1 N–H and O–H groups in total. The minimum absolute atomic E-state index is 0.0360. The molecule has 0 aliphatic carbocycles. The van der Waals surface area contributed by atoms with E-state index in [0.717, 1.165) is 36.6 Å². The Bertz CT molecular complexity index is 1040. The van der Waals surface area contributed by atoms with Gasteiger partial charge in [0.15, 0.2) is 0 Å². The zero-order valence-corrected chi connectivity index (χ0v) is 15.9. The molecule has 28 heavy (non-hydrogen) atoms. The van der Waals surface area contributed by atoms with E-state index in [1.165, 1.54) is 42.4 Å². The second kappa shape index (κ2) is 6.17. The molecule has 2 aromatic heterocycles. The molecule has 1 atom stereocenters. The highest BCUT2D eigenvalue weighted by Crippen LogP contribution is 2.46. The van der Waals surface area contributed by atoms with Crippen molar-refractivity contribution in [1.82, 2.24) is 14.9 Å². The van der Waals surface area contributed by atoms with Crippen LogP contribution in [0.15, 0.2) is 48.8 Å². The van der Waals surface area contributed by atoms with E-state index in [4.69, 9.17) is 4.74 Å². The summed E-state index contributed by atoms with van der Waals surface area (Å²) in [7, 11) is 0. The van der Waals surface area contributed by atoms with Crippen LogP contribution in [-0.4, -0.2) is 40.1 Å². The van der Waals surface area contributed by atoms with E-state index in [9.17, 15) is 0 Å². The normalized spacial score (nSPS) is 27.7. The first-order valence-corrected chi connectivity index (χ1v) is 10.3. The van der Waals surface area contributed by atoms with E-state index in [2.05, 4.69) is 50.5 Å². The van der Waals surface area contributed by atoms with Crippen molar-refractivity contribution in [2.45, 2.75) is 31.4 Å². The number of rotatable bonds is 3. The molecule has 3 aromatic rings. The van der Waals surface area contributed by atoms with Gasteiger partial charge < -0.3 is 10.1 Å². The summed E-state index contributed by atoms with van der Waals surface area (Å²) in [5, 5.41) is 4.75. The van der Waals surface area contributed by atoms with Crippen molar-refractivity contribution in [1.29, 1.82) is 0 Å². The average molecular weight is 372 g/mol. The molecule has 0 unspecified atom stereocenters. The minimum Gasteiger partial charge on any atom is -0.469 e. The number of nitrogens with one attached hydrogen (secondary N) is 1. The fraction of sp³-hybridized carbons (Fsp3) is 0.391. The van der Waals surface area contributed by atoms with Gasteiger partial charge in [0.1, 0.15) is 5.60 Å². The third-order valence-electron chi connectivity index (χ3n) is 6.76. The second-order valence-corrected chi connectivity index (χ2v) is 8.42. The molecule has 3 fully saturated rings. The van der Waals surface area contributed by atoms with Crippen molar-refractivity contribution in [2.24, 2.45) is 5.92 Å². The number of nitrogens with zero attached hydrogens (tertiary/aromatic N) is 3. The van der Waals surface area contributed by atoms with Crippen molar-refractivity contribution in [3.8, 4) is 5.88 Å². The number of aromatic nitrogens is 2. The van der Waals surface area contributed by atoms with Gasteiger partial charge in [-0.15, -0.1) is 0 Å². The van der Waals surface area contributed by atoms with E-state index >= 15 is 0 Å². The summed E-state index contributed by atoms with van der Waals surface area (Å²) in [5.41, 5.74) is 4.55. The monoisotopic (exact) mass is 372 g/mol. The molecule has 5 nitrogen and oxygen atoms in total. The van der Waals surface area contributed by atoms with Crippen LogP contribution in [-0.2, 0) is 13.0 Å². The summed E-state index contributed by atoms with van der Waals surface area (Å²) in [5.74, 6) is 1.51. The number of para-hydroxylation sites is 1. The maximum Gasteiger partial charge on any atom is 0.217 e. The van der Waals surface area contributed by atoms with Gasteiger partial charge in [-0.3, -0.25) is 9.88 Å². The standard InChI is InChI=1S/C23H24N4O/c1-2-4-21-20(3-1)16(5-8-24-21)13-25-19-11-17-12-23(28-22(17)26-14-19)15-27-9-6-18(23)7-10-27/h1-5,8,11,14,18,25H,6-7,9-10,12-13,15H2/t23-/m0/s1. The van der Waals surface area contributed by atoms with Crippen LogP contribution >= 0.6 is 0 Å². The first kappa shape index (κ1) is 16.3. The Hall–Kier alpha value is -2.66. The smallest absolute Gasteiger partial charge is 0.217 e. The largest absolute Gasteiger partial charge is 0.469 e. The maximum absolute atomic E-state index is 6.46. The van der Waals surface area contributed by atoms with Gasteiger partial charge in [0, 0.05) is 42.6 Å². The second-order valence-electron chi connectivity index (χ2n) is 8.42. The van der Waals surface area contributed by atoms with Gasteiger partial charge in [-0.05, 0) is 49.7 Å². The highest BCUT2D eigenvalue weighted by molar-refractivity contribution is 5.82. The van der Waals surface area contributed by atoms with E-state index in [0.29, 0.717) is 5.92 Å². The Morgan fingerprint density at radius 2 is 2.04 bits per heavy atom. The number of ether oxygens (including phenoxy) is 1. The molecule has 0 amide bonds. The molecule has 5 heteroatoms. The Balaban J connectivity index is 1.22. The van der Waals surface area contributed by atoms with Crippen LogP contribution in [0.3, 0.4) is 0 Å². The molecule has 4 aliphatic rings. The first-order chi connectivity index (χ1) is 13.8. The number of hydrogen-bond acceptors (Lipinski definition) is 5. The first-order valence-electron chi connectivity index (χ1n) is 10.3. The maximum atomic E-state index is 6.46. The van der Waals surface area contributed by atoms with Crippen LogP contribution in [0.2, 0.25) is 0 Å². The van der Waals surface area contributed by atoms with Crippen molar-refractivity contribution >= 4 is 16.6 Å². The summed E-state index contributed by atoms with van der Waals surface area (Å²) in [6, 6.07) is 12.6. The van der Waals surface area contributed by atoms with Gasteiger partial charge in [-0.2, -0.15) is 0 Å². The molecule has 0 saturated carbocycles. The lowest BCUT2D eigenvalue weighted by Gasteiger charge is -2.50. The topological polar surface area (TPSA) is 50.3 Å². The fourth-order valence-corrected chi connectivity index (χ4v) is 5.31. The SMILES string of the molecule is c1ccc2c(CNc3cnc4c(c3)C[C@@]3(CN5CCC3CC5)O4)ccnc2c1. The summed E-state index contributed by atoms with van der Waals surface area (Å²) >= 11 is 0. The quantitative estimate of drug-likeness (QED) is 0.761. The van der Waals surface area contributed by atoms with Gasteiger partial charge in [0.05, 0.1) is 17.4 Å². The average Bonchev–Trinajstić information content (AvgIpc) is 3.09. The van der Waals surface area contributed by atoms with Crippen LogP contribution in [0.4, 0.5) is 5.69 Å². The van der Waals surface area contributed by atoms with E-state index in [1.54, 1.807) is 0 Å². The number of benzene rings is 1. The molecule has 0 radical (unpaired) electrons. The summed E-state index contributed by atoms with van der Waals surface area (Å²) in [6.45, 7) is 4.27. The number of pyridine rings is 2. The zero-order valence-electron chi connectivity index (χ0n) is 15.9. The Labute approximate surface area is 164 Å². The number of anilines is 1. The van der Waals surface area contributed by atoms with Gasteiger partial charge in [0.25, 0.3) is 0 Å². The molecular weight excluding hydrogens is 348 g/mol. The summed E-state index contributed by atoms with van der Waals surface area (Å²) in [6.07, 6.45) is 7.29. The highest BCUT2D eigenvalue weighted by atomic mass is 16.5. The van der Waals surface area contributed by atoms with E-state index in [1.807, 2.05) is 18.5 Å². The zero-order chi connectivity index (χ0) is 18.6. The molecule has 3 saturated heterocycles. The Kier molecular flexibility index (Phi) is 3.60. The van der Waals surface area contributed by atoms with E-state index in [-0.39, 0.29) is 5.60 Å². The van der Waals surface area contributed by atoms with Gasteiger partial charge in [0.2, 0.25) is 5.88 Å². The number of piperidine rings is 3. The van der Waals surface area contributed by atoms with Crippen molar-refractivity contribution in [3.63, 3.8) is 0 Å². The van der Waals surface area contributed by atoms with Crippen LogP contribution in [0.25, 0.3) is 10.9 Å².